The predicted octanol–water partition coefficient (Wildman–Crippen LogP) is 3.79. The van der Waals surface area contributed by atoms with Crippen molar-refractivity contribution in [3.8, 4) is 5.75 Å². The number of non-ortho nitro benzene ring substituents is 1. The molecule has 1 N–H and O–H groups in total. The summed E-state index contributed by atoms with van der Waals surface area (Å²) in [5.74, 6) is -0.358. The Morgan fingerprint density at radius 2 is 1.67 bits per heavy atom. The first-order chi connectivity index (χ1) is 15.7. The van der Waals surface area contributed by atoms with Gasteiger partial charge in [0.25, 0.3) is 5.69 Å². The van der Waals surface area contributed by atoms with Crippen molar-refractivity contribution in [2.45, 2.75) is 17.9 Å². The summed E-state index contributed by atoms with van der Waals surface area (Å²) in [5.41, 5.74) is 1.29. The van der Waals surface area contributed by atoms with Gasteiger partial charge in [0.2, 0.25) is 10.0 Å². The summed E-state index contributed by atoms with van der Waals surface area (Å²) in [6, 6.07) is 18.0. The van der Waals surface area contributed by atoms with Crippen molar-refractivity contribution in [3.05, 3.63) is 99.6 Å². The van der Waals surface area contributed by atoms with Crippen LogP contribution in [-0.4, -0.2) is 33.0 Å². The molecule has 0 bridgehead atoms. The maximum Gasteiger partial charge on any atom is 0.338 e. The zero-order chi connectivity index (χ0) is 24.0. The zero-order valence-electron chi connectivity index (χ0n) is 17.9. The summed E-state index contributed by atoms with van der Waals surface area (Å²) in [5, 5.41) is 10.8. The van der Waals surface area contributed by atoms with Crippen LogP contribution in [0.3, 0.4) is 0 Å². The number of nitrogens with one attached hydrogen (secondary N) is 1. The number of hydrogen-bond donors (Lipinski definition) is 1. The smallest absolute Gasteiger partial charge is 0.338 e. The van der Waals surface area contributed by atoms with E-state index in [0.717, 1.165) is 5.56 Å². The van der Waals surface area contributed by atoms with Gasteiger partial charge in [0.1, 0.15) is 11.9 Å². The number of nitro benzene ring substituents is 1. The van der Waals surface area contributed by atoms with Gasteiger partial charge in [-0.25, -0.2) is 17.9 Å². The molecule has 9 nitrogen and oxygen atoms in total. The SMILES string of the molecule is COc1ccccc1C(CNS(=O)(=O)c1ccc(C)cc1)OC(=O)c1ccc([N+](=O)[O-])cc1. The van der Waals surface area contributed by atoms with Gasteiger partial charge in [-0.2, -0.15) is 0 Å². The lowest BCUT2D eigenvalue weighted by Crippen LogP contribution is -2.31. The molecule has 0 fully saturated rings. The van der Waals surface area contributed by atoms with Crippen LogP contribution in [0.15, 0.2) is 77.7 Å². The molecule has 0 heterocycles. The molecule has 0 spiro atoms. The number of ether oxygens (including phenoxy) is 2. The van der Waals surface area contributed by atoms with Crippen LogP contribution in [0.1, 0.15) is 27.6 Å². The molecule has 3 aromatic carbocycles. The standard InChI is InChI=1S/C23H22N2O7S/c1-16-7-13-19(14-8-16)33(29,30)24-15-22(20-5-3-4-6-21(20)31-2)32-23(26)17-9-11-18(12-10-17)25(27)28/h3-14,22,24H,15H2,1-2H3. The van der Waals surface area contributed by atoms with E-state index in [0.29, 0.717) is 11.3 Å². The largest absolute Gasteiger partial charge is 0.496 e. The highest BCUT2D eigenvalue weighted by Crippen LogP contribution is 2.28. The Morgan fingerprint density at radius 3 is 2.27 bits per heavy atom. The van der Waals surface area contributed by atoms with E-state index in [9.17, 15) is 23.3 Å². The number of esters is 1. The van der Waals surface area contributed by atoms with E-state index in [1.165, 1.54) is 43.5 Å². The van der Waals surface area contributed by atoms with Gasteiger partial charge in [0.15, 0.2) is 0 Å². The number of sulfonamides is 1. The first-order valence-electron chi connectivity index (χ1n) is 9.86. The van der Waals surface area contributed by atoms with Crippen molar-refractivity contribution in [2.75, 3.05) is 13.7 Å². The van der Waals surface area contributed by atoms with Crippen molar-refractivity contribution >= 4 is 21.7 Å². The monoisotopic (exact) mass is 470 g/mol. The second kappa shape index (κ2) is 10.2. The number of benzene rings is 3. The molecule has 1 unspecified atom stereocenters. The Hall–Kier alpha value is -3.76. The van der Waals surface area contributed by atoms with Gasteiger partial charge in [0, 0.05) is 17.7 Å². The fraction of sp³-hybridized carbons (Fsp3) is 0.174. The van der Waals surface area contributed by atoms with E-state index >= 15 is 0 Å². The number of hydrogen-bond acceptors (Lipinski definition) is 7. The first kappa shape index (κ1) is 23.9. The second-order valence-corrected chi connectivity index (χ2v) is 8.87. The minimum absolute atomic E-state index is 0.0774. The lowest BCUT2D eigenvalue weighted by molar-refractivity contribution is -0.384. The molecule has 0 aliphatic carbocycles. The van der Waals surface area contributed by atoms with Crippen molar-refractivity contribution in [2.24, 2.45) is 0 Å². The molecular weight excluding hydrogens is 448 g/mol. The number of carbonyl (C=O) groups excluding carboxylic acids is 1. The van der Waals surface area contributed by atoms with Crippen LogP contribution in [0.5, 0.6) is 5.75 Å². The fourth-order valence-corrected chi connectivity index (χ4v) is 4.08. The maximum absolute atomic E-state index is 12.7. The number of methoxy groups -OCH3 is 1. The van der Waals surface area contributed by atoms with Crippen molar-refractivity contribution < 1.29 is 27.6 Å². The Labute approximate surface area is 191 Å². The Morgan fingerprint density at radius 1 is 1.03 bits per heavy atom. The van der Waals surface area contributed by atoms with E-state index in [2.05, 4.69) is 4.72 Å². The van der Waals surface area contributed by atoms with Crippen LogP contribution in [-0.2, 0) is 14.8 Å². The maximum atomic E-state index is 12.7. The summed E-state index contributed by atoms with van der Waals surface area (Å²) >= 11 is 0. The van der Waals surface area contributed by atoms with Gasteiger partial charge < -0.3 is 9.47 Å². The number of nitrogens with zero attached hydrogens (tertiary/aromatic N) is 1. The van der Waals surface area contributed by atoms with E-state index in [4.69, 9.17) is 9.47 Å². The average Bonchev–Trinajstić information content (AvgIpc) is 2.82. The second-order valence-electron chi connectivity index (χ2n) is 7.10. The first-order valence-corrected chi connectivity index (χ1v) is 11.3. The van der Waals surface area contributed by atoms with Crippen LogP contribution in [0, 0.1) is 17.0 Å². The molecule has 3 aromatic rings. The third-order valence-corrected chi connectivity index (χ3v) is 6.28. The van der Waals surface area contributed by atoms with Gasteiger partial charge in [-0.3, -0.25) is 10.1 Å². The molecule has 0 aromatic heterocycles. The molecule has 172 valence electrons. The quantitative estimate of drug-likeness (QED) is 0.287. The van der Waals surface area contributed by atoms with Gasteiger partial charge >= 0.3 is 5.97 Å². The topological polar surface area (TPSA) is 125 Å². The normalized spacial score (nSPS) is 12.1. The third kappa shape index (κ3) is 5.93. The van der Waals surface area contributed by atoms with Crippen LogP contribution in [0.25, 0.3) is 0 Å². The third-order valence-electron chi connectivity index (χ3n) is 4.84. The van der Waals surface area contributed by atoms with E-state index in [1.807, 2.05) is 6.92 Å². The molecule has 0 saturated heterocycles. The molecule has 10 heteroatoms. The zero-order valence-corrected chi connectivity index (χ0v) is 18.7. The Kier molecular flexibility index (Phi) is 7.41. The molecule has 1 atom stereocenters. The highest BCUT2D eigenvalue weighted by molar-refractivity contribution is 7.89. The summed E-state index contributed by atoms with van der Waals surface area (Å²) in [6.45, 7) is 1.59. The summed E-state index contributed by atoms with van der Waals surface area (Å²) in [4.78, 5) is 23.1. The number of para-hydroxylation sites is 1. The highest BCUT2D eigenvalue weighted by atomic mass is 32.2. The molecule has 0 saturated carbocycles. The van der Waals surface area contributed by atoms with Gasteiger partial charge in [-0.1, -0.05) is 35.9 Å². The van der Waals surface area contributed by atoms with Gasteiger partial charge in [-0.05, 0) is 37.3 Å². The number of carbonyl (C=O) groups is 1. The molecule has 0 radical (unpaired) electrons. The van der Waals surface area contributed by atoms with Crippen LogP contribution >= 0.6 is 0 Å². The van der Waals surface area contributed by atoms with Crippen molar-refractivity contribution in [3.63, 3.8) is 0 Å². The summed E-state index contributed by atoms with van der Waals surface area (Å²) < 4.78 is 38.9. The summed E-state index contributed by atoms with van der Waals surface area (Å²) in [7, 11) is -2.42. The molecular formula is C23H22N2O7S. The van der Waals surface area contributed by atoms with Gasteiger partial charge in [-0.15, -0.1) is 0 Å². The number of aryl methyl sites for hydroxylation is 1. The van der Waals surface area contributed by atoms with Crippen LogP contribution in [0.2, 0.25) is 0 Å². The highest BCUT2D eigenvalue weighted by Gasteiger charge is 2.24. The lowest BCUT2D eigenvalue weighted by atomic mass is 10.1. The lowest BCUT2D eigenvalue weighted by Gasteiger charge is -2.21. The van der Waals surface area contributed by atoms with Gasteiger partial charge in [0.05, 0.1) is 29.0 Å². The van der Waals surface area contributed by atoms with Crippen molar-refractivity contribution in [1.82, 2.24) is 4.72 Å². The average molecular weight is 471 g/mol. The molecule has 0 aliphatic rings. The van der Waals surface area contributed by atoms with Crippen molar-refractivity contribution in [1.29, 1.82) is 0 Å². The van der Waals surface area contributed by atoms with E-state index in [-0.39, 0.29) is 22.7 Å². The molecule has 0 aliphatic heterocycles. The minimum Gasteiger partial charge on any atom is -0.496 e. The minimum atomic E-state index is -3.87. The number of nitro groups is 1. The molecule has 3 rings (SSSR count). The fourth-order valence-electron chi connectivity index (χ4n) is 3.05. The van der Waals surface area contributed by atoms with E-state index < -0.39 is 27.0 Å². The van der Waals surface area contributed by atoms with Crippen LogP contribution < -0.4 is 9.46 Å². The Bertz CT molecular complexity index is 1240. The van der Waals surface area contributed by atoms with E-state index in [1.54, 1.807) is 36.4 Å². The molecule has 33 heavy (non-hydrogen) atoms. The van der Waals surface area contributed by atoms with Crippen LogP contribution in [0.4, 0.5) is 5.69 Å². The Balaban J connectivity index is 1.85. The number of rotatable bonds is 9. The molecule has 0 amide bonds. The predicted molar refractivity (Wildman–Crippen MR) is 121 cm³/mol. The summed E-state index contributed by atoms with van der Waals surface area (Å²) in [6.07, 6.45) is -1.02.